The number of aliphatic imine (C=N–C) groups is 1. The van der Waals surface area contributed by atoms with E-state index in [0.717, 1.165) is 30.5 Å². The topological polar surface area (TPSA) is 60.0 Å². The fourth-order valence-electron chi connectivity index (χ4n) is 4.81. The summed E-state index contributed by atoms with van der Waals surface area (Å²) >= 11 is 0. The molecule has 0 spiro atoms. The molecule has 1 atom stereocenters. The van der Waals surface area contributed by atoms with Crippen LogP contribution in [0, 0.1) is 5.92 Å². The second-order valence-electron chi connectivity index (χ2n) is 9.27. The van der Waals surface area contributed by atoms with Crippen molar-refractivity contribution in [2.24, 2.45) is 10.9 Å². The molecule has 6 heteroatoms. The normalized spacial score (nSPS) is 20.6. The molecule has 0 aromatic heterocycles. The molecule has 1 aromatic rings. The Labute approximate surface area is 188 Å². The summed E-state index contributed by atoms with van der Waals surface area (Å²) < 4.78 is 0. The lowest BCUT2D eigenvalue weighted by atomic mass is 9.89. The maximum Gasteiger partial charge on any atom is 0.253 e. The predicted octanol–water partition coefficient (Wildman–Crippen LogP) is 3.49. The van der Waals surface area contributed by atoms with E-state index in [2.05, 4.69) is 22.5 Å². The van der Waals surface area contributed by atoms with Gasteiger partial charge in [-0.05, 0) is 62.8 Å². The van der Waals surface area contributed by atoms with Crippen molar-refractivity contribution >= 4 is 11.9 Å². The number of hydrogen-bond acceptors (Lipinski definition) is 3. The number of likely N-dealkylation sites (tertiary alicyclic amines) is 1. The second-order valence-corrected chi connectivity index (χ2v) is 9.27. The highest BCUT2D eigenvalue weighted by molar-refractivity contribution is 5.93. The van der Waals surface area contributed by atoms with Gasteiger partial charge in [-0.2, -0.15) is 0 Å². The Morgan fingerprint density at radius 2 is 1.81 bits per heavy atom. The maximum atomic E-state index is 12.0. The van der Waals surface area contributed by atoms with Crippen LogP contribution in [0.3, 0.4) is 0 Å². The van der Waals surface area contributed by atoms with Crippen molar-refractivity contribution in [3.63, 3.8) is 0 Å². The molecule has 1 amide bonds. The van der Waals surface area contributed by atoms with E-state index < -0.39 is 0 Å². The monoisotopic (exact) mass is 427 g/mol. The molecule has 2 fully saturated rings. The van der Waals surface area contributed by atoms with Crippen molar-refractivity contribution < 1.29 is 4.79 Å². The molecule has 1 unspecified atom stereocenters. The van der Waals surface area contributed by atoms with E-state index in [0.29, 0.717) is 18.2 Å². The predicted molar refractivity (Wildman–Crippen MR) is 128 cm³/mol. The van der Waals surface area contributed by atoms with Gasteiger partial charge >= 0.3 is 0 Å². The Morgan fingerprint density at radius 3 is 2.48 bits per heavy atom. The van der Waals surface area contributed by atoms with E-state index in [1.807, 2.05) is 24.3 Å². The third-order valence-corrected chi connectivity index (χ3v) is 6.59. The minimum Gasteiger partial charge on any atom is -0.357 e. The van der Waals surface area contributed by atoms with E-state index in [1.165, 1.54) is 58.0 Å². The van der Waals surface area contributed by atoms with Crippen molar-refractivity contribution in [3.05, 3.63) is 35.4 Å². The number of benzene rings is 1. The van der Waals surface area contributed by atoms with Crippen LogP contribution in [-0.2, 0) is 6.54 Å². The number of nitrogens with zero attached hydrogens (tertiary/aromatic N) is 3. The molecule has 1 heterocycles. The molecule has 1 saturated heterocycles. The van der Waals surface area contributed by atoms with Crippen molar-refractivity contribution in [1.82, 2.24) is 20.4 Å². The molecule has 6 nitrogen and oxygen atoms in total. The number of carbonyl (C=O) groups is 1. The van der Waals surface area contributed by atoms with Crippen LogP contribution in [0.2, 0.25) is 0 Å². The van der Waals surface area contributed by atoms with Gasteiger partial charge in [-0.1, -0.05) is 31.4 Å². The fourth-order valence-corrected chi connectivity index (χ4v) is 4.81. The highest BCUT2D eigenvalue weighted by Gasteiger charge is 2.27. The quantitative estimate of drug-likeness (QED) is 0.493. The third-order valence-electron chi connectivity index (χ3n) is 6.59. The molecular weight excluding hydrogens is 386 g/mol. The highest BCUT2D eigenvalue weighted by Crippen LogP contribution is 2.27. The maximum absolute atomic E-state index is 12.0. The third kappa shape index (κ3) is 7.23. The van der Waals surface area contributed by atoms with Crippen molar-refractivity contribution in [2.75, 3.05) is 40.3 Å². The molecular formula is C25H41N5O. The highest BCUT2D eigenvalue weighted by atomic mass is 16.2. The summed E-state index contributed by atoms with van der Waals surface area (Å²) in [6.07, 6.45) is 9.69. The van der Waals surface area contributed by atoms with Crippen LogP contribution in [0.5, 0.6) is 0 Å². The number of amides is 1. The van der Waals surface area contributed by atoms with Crippen LogP contribution in [0.15, 0.2) is 29.3 Å². The lowest BCUT2D eigenvalue weighted by molar-refractivity contribution is 0.0827. The van der Waals surface area contributed by atoms with Crippen molar-refractivity contribution in [3.8, 4) is 0 Å². The van der Waals surface area contributed by atoms with E-state index >= 15 is 0 Å². The molecule has 0 bridgehead atoms. The average molecular weight is 428 g/mol. The second kappa shape index (κ2) is 12.1. The standard InChI is InChI=1S/C25H41N5O/c1-4-26-25(27-17-20-12-14-22(15-13-20)24(31)29(2)3)28-18-23-11-8-16-30(23)19-21-9-6-5-7-10-21/h12-15,21,23H,4-11,16-19H2,1-3H3,(H2,26,27,28). The molecule has 1 saturated carbocycles. The first kappa shape index (κ1) is 23.6. The minimum absolute atomic E-state index is 0.0272. The van der Waals surface area contributed by atoms with Gasteiger partial charge in [-0.3, -0.25) is 9.69 Å². The smallest absolute Gasteiger partial charge is 0.253 e. The lowest BCUT2D eigenvalue weighted by Crippen LogP contribution is -2.46. The Bertz CT molecular complexity index is 709. The average Bonchev–Trinajstić information content (AvgIpc) is 3.23. The van der Waals surface area contributed by atoms with Gasteiger partial charge in [-0.25, -0.2) is 4.99 Å². The van der Waals surface area contributed by atoms with Crippen LogP contribution in [0.25, 0.3) is 0 Å². The number of rotatable bonds is 8. The van der Waals surface area contributed by atoms with Crippen molar-refractivity contribution in [1.29, 1.82) is 0 Å². The van der Waals surface area contributed by atoms with Crippen LogP contribution in [0.1, 0.15) is 67.8 Å². The van der Waals surface area contributed by atoms with E-state index in [4.69, 9.17) is 4.99 Å². The van der Waals surface area contributed by atoms with E-state index in [1.54, 1.807) is 19.0 Å². The summed E-state index contributed by atoms with van der Waals surface area (Å²) in [4.78, 5) is 21.1. The summed E-state index contributed by atoms with van der Waals surface area (Å²) in [5.41, 5.74) is 1.81. The zero-order valence-electron chi connectivity index (χ0n) is 19.7. The van der Waals surface area contributed by atoms with E-state index in [9.17, 15) is 4.79 Å². The summed E-state index contributed by atoms with van der Waals surface area (Å²) in [7, 11) is 3.55. The summed E-state index contributed by atoms with van der Waals surface area (Å²) in [6, 6.07) is 8.37. The molecule has 1 aromatic carbocycles. The van der Waals surface area contributed by atoms with Gasteiger partial charge in [0.15, 0.2) is 5.96 Å². The van der Waals surface area contributed by atoms with Gasteiger partial charge in [0.1, 0.15) is 0 Å². The Kier molecular flexibility index (Phi) is 9.19. The molecule has 3 rings (SSSR count). The molecule has 1 aliphatic heterocycles. The molecule has 172 valence electrons. The van der Waals surface area contributed by atoms with Gasteiger partial charge < -0.3 is 15.5 Å². The first-order chi connectivity index (χ1) is 15.1. The molecule has 2 aliphatic rings. The van der Waals surface area contributed by atoms with Gasteiger partial charge in [-0.15, -0.1) is 0 Å². The molecule has 1 aliphatic carbocycles. The number of hydrogen-bond donors (Lipinski definition) is 2. The van der Waals surface area contributed by atoms with Gasteiger partial charge in [0.25, 0.3) is 5.91 Å². The van der Waals surface area contributed by atoms with Gasteiger partial charge in [0.2, 0.25) is 0 Å². The Hall–Kier alpha value is -2.08. The van der Waals surface area contributed by atoms with E-state index in [-0.39, 0.29) is 5.91 Å². The Morgan fingerprint density at radius 1 is 1.06 bits per heavy atom. The number of guanidine groups is 1. The van der Waals surface area contributed by atoms with Gasteiger partial charge in [0.05, 0.1) is 6.54 Å². The summed E-state index contributed by atoms with van der Waals surface area (Å²) in [5, 5.41) is 6.96. The largest absolute Gasteiger partial charge is 0.357 e. The van der Waals surface area contributed by atoms with Crippen LogP contribution < -0.4 is 10.6 Å². The number of nitrogens with one attached hydrogen (secondary N) is 2. The molecule has 31 heavy (non-hydrogen) atoms. The summed E-state index contributed by atoms with van der Waals surface area (Å²) in [6.45, 7) is 7.02. The zero-order valence-corrected chi connectivity index (χ0v) is 19.7. The first-order valence-corrected chi connectivity index (χ1v) is 12.1. The lowest BCUT2D eigenvalue weighted by Gasteiger charge is -2.31. The van der Waals surface area contributed by atoms with Crippen LogP contribution in [-0.4, -0.2) is 68.0 Å². The Balaban J connectivity index is 1.51. The van der Waals surface area contributed by atoms with Crippen molar-refractivity contribution in [2.45, 2.75) is 64.5 Å². The molecule has 2 N–H and O–H groups in total. The first-order valence-electron chi connectivity index (χ1n) is 12.1. The van der Waals surface area contributed by atoms with Gasteiger partial charge in [0, 0.05) is 45.3 Å². The molecule has 0 radical (unpaired) electrons. The number of carbonyl (C=O) groups excluding carboxylic acids is 1. The van der Waals surface area contributed by atoms with Crippen LogP contribution in [0.4, 0.5) is 0 Å². The van der Waals surface area contributed by atoms with Crippen LogP contribution >= 0.6 is 0 Å². The summed E-state index contributed by atoms with van der Waals surface area (Å²) in [5.74, 6) is 1.80. The minimum atomic E-state index is 0.0272. The zero-order chi connectivity index (χ0) is 22.1. The fraction of sp³-hybridized carbons (Fsp3) is 0.680. The SMILES string of the molecule is CCNC(=NCc1ccc(C(=O)N(C)C)cc1)NCC1CCCN1CC1CCCCC1.